The number of anilines is 3. The van der Waals surface area contributed by atoms with Crippen LogP contribution in [0.4, 0.5) is 17.1 Å². The van der Waals surface area contributed by atoms with Crippen LogP contribution in [0.15, 0.2) is 169 Å². The smallest absolute Gasteiger partial charge is 0.201 e. The molecule has 0 aliphatic carbocycles. The SMILES string of the molecule is c1ccc(C2=NC(N3c4ccccc4-c4c(n(-c5cnc6ccccc6c5)c5ccccc45)-c4ccccc43)Nc3ccccc32)cc1. The summed E-state index contributed by atoms with van der Waals surface area (Å²) in [5.41, 5.74) is 14.2. The van der Waals surface area contributed by atoms with Gasteiger partial charge in [0, 0.05) is 44.3 Å². The minimum Gasteiger partial charge on any atom is -0.346 e. The molecule has 226 valence electrons. The van der Waals surface area contributed by atoms with Crippen LogP contribution in [-0.2, 0) is 0 Å². The van der Waals surface area contributed by atoms with Crippen LogP contribution < -0.4 is 10.2 Å². The summed E-state index contributed by atoms with van der Waals surface area (Å²) in [4.78, 5) is 12.8. The van der Waals surface area contributed by atoms with E-state index >= 15 is 0 Å². The summed E-state index contributed by atoms with van der Waals surface area (Å²) >= 11 is 0. The van der Waals surface area contributed by atoms with Gasteiger partial charge in [-0.15, -0.1) is 0 Å². The molecule has 1 unspecified atom stereocenters. The van der Waals surface area contributed by atoms with Crippen LogP contribution in [0.1, 0.15) is 11.1 Å². The van der Waals surface area contributed by atoms with Gasteiger partial charge in [0.1, 0.15) is 0 Å². The number of para-hydroxylation sites is 5. The average molecular weight is 616 g/mol. The Hall–Kier alpha value is -6.46. The average Bonchev–Trinajstić information content (AvgIpc) is 3.44. The first-order valence-electron chi connectivity index (χ1n) is 16.3. The van der Waals surface area contributed by atoms with Crippen molar-refractivity contribution in [2.45, 2.75) is 6.29 Å². The van der Waals surface area contributed by atoms with Crippen LogP contribution in [0, 0.1) is 0 Å². The maximum Gasteiger partial charge on any atom is 0.201 e. The van der Waals surface area contributed by atoms with Crippen molar-refractivity contribution < 1.29 is 0 Å². The van der Waals surface area contributed by atoms with Crippen molar-refractivity contribution >= 4 is 44.6 Å². The van der Waals surface area contributed by atoms with Gasteiger partial charge in [0.2, 0.25) is 6.29 Å². The fourth-order valence-electron chi connectivity index (χ4n) is 7.52. The molecule has 0 saturated heterocycles. The first-order chi connectivity index (χ1) is 23.8. The van der Waals surface area contributed by atoms with Crippen molar-refractivity contribution in [3.8, 4) is 28.1 Å². The van der Waals surface area contributed by atoms with Gasteiger partial charge in [0.15, 0.2) is 0 Å². The van der Waals surface area contributed by atoms with E-state index in [1.807, 2.05) is 12.3 Å². The fraction of sp³-hybridized carbons (Fsp3) is 0.0233. The van der Waals surface area contributed by atoms with Crippen molar-refractivity contribution in [2.24, 2.45) is 4.99 Å². The molecule has 2 aliphatic heterocycles. The Labute approximate surface area is 278 Å². The van der Waals surface area contributed by atoms with Crippen molar-refractivity contribution in [1.29, 1.82) is 0 Å². The van der Waals surface area contributed by atoms with Crippen LogP contribution in [0.2, 0.25) is 0 Å². The summed E-state index contributed by atoms with van der Waals surface area (Å²) < 4.78 is 2.39. The van der Waals surface area contributed by atoms with Crippen LogP contribution >= 0.6 is 0 Å². The molecule has 4 heterocycles. The first kappa shape index (κ1) is 26.7. The van der Waals surface area contributed by atoms with Crippen LogP contribution in [0.25, 0.3) is 49.9 Å². The predicted molar refractivity (Wildman–Crippen MR) is 198 cm³/mol. The van der Waals surface area contributed by atoms with Gasteiger partial charge in [0.05, 0.1) is 45.7 Å². The standard InChI is InChI=1S/C43H29N5/c1-2-14-28(15-3-1)41-31-17-5-10-22-36(31)45-43(46-41)48-38-24-12-7-19-33(38)40-32-18-6-11-23-37(32)47(42(40)34-20-8-13-25-39(34)48)30-26-29-16-4-9-21-35(29)44-27-30/h1-27,43,45H. The van der Waals surface area contributed by atoms with E-state index in [4.69, 9.17) is 9.98 Å². The van der Waals surface area contributed by atoms with Crippen molar-refractivity contribution in [3.05, 3.63) is 175 Å². The minimum atomic E-state index is -0.400. The van der Waals surface area contributed by atoms with E-state index in [1.54, 1.807) is 0 Å². The van der Waals surface area contributed by atoms with E-state index in [0.717, 1.165) is 72.8 Å². The van der Waals surface area contributed by atoms with Gasteiger partial charge in [-0.05, 0) is 36.4 Å². The Kier molecular flexibility index (Phi) is 5.87. The van der Waals surface area contributed by atoms with Gasteiger partial charge in [0.25, 0.3) is 0 Å². The maximum absolute atomic E-state index is 5.50. The highest BCUT2D eigenvalue weighted by atomic mass is 15.4. The number of fused-ring (bicyclic) bond motifs is 9. The van der Waals surface area contributed by atoms with Crippen LogP contribution in [0.5, 0.6) is 0 Å². The summed E-state index contributed by atoms with van der Waals surface area (Å²) in [6.07, 6.45) is 1.60. The zero-order chi connectivity index (χ0) is 31.6. The Bertz CT molecular complexity index is 2560. The van der Waals surface area contributed by atoms with E-state index in [2.05, 4.69) is 166 Å². The van der Waals surface area contributed by atoms with Crippen molar-refractivity contribution in [1.82, 2.24) is 9.55 Å². The molecule has 0 fully saturated rings. The molecular formula is C43H29N5. The number of benzene rings is 6. The van der Waals surface area contributed by atoms with Crippen molar-refractivity contribution in [3.63, 3.8) is 0 Å². The van der Waals surface area contributed by atoms with Gasteiger partial charge < -0.3 is 14.8 Å². The van der Waals surface area contributed by atoms with Crippen LogP contribution in [0.3, 0.4) is 0 Å². The van der Waals surface area contributed by atoms with Gasteiger partial charge >= 0.3 is 0 Å². The third kappa shape index (κ3) is 3.98. The highest BCUT2D eigenvalue weighted by molar-refractivity contribution is 6.17. The van der Waals surface area contributed by atoms with E-state index in [-0.39, 0.29) is 0 Å². The normalized spacial score (nSPS) is 14.7. The molecule has 5 nitrogen and oxygen atoms in total. The molecule has 0 amide bonds. The number of rotatable bonds is 3. The van der Waals surface area contributed by atoms with Gasteiger partial charge in [-0.25, -0.2) is 4.99 Å². The zero-order valence-electron chi connectivity index (χ0n) is 26.0. The van der Waals surface area contributed by atoms with Gasteiger partial charge in [-0.1, -0.05) is 121 Å². The highest BCUT2D eigenvalue weighted by Gasteiger charge is 2.35. The quantitative estimate of drug-likeness (QED) is 0.215. The summed E-state index contributed by atoms with van der Waals surface area (Å²) in [5.74, 6) is 0. The largest absolute Gasteiger partial charge is 0.346 e. The Morgan fingerprint density at radius 1 is 0.583 bits per heavy atom. The number of aromatic nitrogens is 2. The summed E-state index contributed by atoms with van der Waals surface area (Å²) in [5, 5.41) is 6.12. The lowest BCUT2D eigenvalue weighted by atomic mass is 9.98. The maximum atomic E-state index is 5.50. The van der Waals surface area contributed by atoms with Crippen molar-refractivity contribution in [2.75, 3.05) is 10.2 Å². The number of pyridine rings is 1. The Morgan fingerprint density at radius 3 is 2.12 bits per heavy atom. The number of nitrogens with one attached hydrogen (secondary N) is 1. The molecule has 2 aliphatic rings. The van der Waals surface area contributed by atoms with E-state index in [9.17, 15) is 0 Å². The van der Waals surface area contributed by atoms with Gasteiger partial charge in [-0.3, -0.25) is 4.98 Å². The lowest BCUT2D eigenvalue weighted by Crippen LogP contribution is -2.40. The minimum absolute atomic E-state index is 0.400. The van der Waals surface area contributed by atoms with Crippen LogP contribution in [-0.4, -0.2) is 21.6 Å². The molecule has 48 heavy (non-hydrogen) atoms. The second-order valence-electron chi connectivity index (χ2n) is 12.3. The third-order valence-corrected chi connectivity index (χ3v) is 9.57. The Balaban J connectivity index is 1.27. The highest BCUT2D eigenvalue weighted by Crippen LogP contribution is 2.53. The summed E-state index contributed by atoms with van der Waals surface area (Å²) in [6.45, 7) is 0. The topological polar surface area (TPSA) is 45.5 Å². The molecule has 0 spiro atoms. The Morgan fingerprint density at radius 2 is 1.25 bits per heavy atom. The second-order valence-corrected chi connectivity index (χ2v) is 12.3. The van der Waals surface area contributed by atoms with Gasteiger partial charge in [-0.2, -0.15) is 0 Å². The number of aliphatic imine (C=N–C) groups is 1. The second kappa shape index (κ2) is 10.5. The molecular weight excluding hydrogens is 587 g/mol. The molecule has 10 rings (SSSR count). The molecule has 1 N–H and O–H groups in total. The fourth-order valence-corrected chi connectivity index (χ4v) is 7.52. The van der Waals surface area contributed by atoms with E-state index in [1.165, 1.54) is 10.9 Å². The summed E-state index contributed by atoms with van der Waals surface area (Å²) in [6, 6.07) is 55.7. The predicted octanol–water partition coefficient (Wildman–Crippen LogP) is 10.2. The molecule has 0 bridgehead atoms. The number of hydrogen-bond donors (Lipinski definition) is 1. The monoisotopic (exact) mass is 615 g/mol. The molecule has 0 saturated carbocycles. The molecule has 2 aromatic heterocycles. The molecule has 0 radical (unpaired) electrons. The zero-order valence-corrected chi connectivity index (χ0v) is 26.0. The lowest BCUT2D eigenvalue weighted by Gasteiger charge is -2.36. The summed E-state index contributed by atoms with van der Waals surface area (Å²) in [7, 11) is 0. The number of hydrogen-bond acceptors (Lipinski definition) is 4. The molecule has 1 atom stereocenters. The molecule has 6 aromatic carbocycles. The third-order valence-electron chi connectivity index (χ3n) is 9.57. The lowest BCUT2D eigenvalue weighted by molar-refractivity contribution is 0.764. The number of nitrogens with zero attached hydrogens (tertiary/aromatic N) is 4. The first-order valence-corrected chi connectivity index (χ1v) is 16.3. The van der Waals surface area contributed by atoms with E-state index < -0.39 is 6.29 Å². The molecule has 5 heteroatoms. The van der Waals surface area contributed by atoms with E-state index in [0.29, 0.717) is 0 Å². The molecule has 8 aromatic rings.